The van der Waals surface area contributed by atoms with Gasteiger partial charge in [-0.3, -0.25) is 4.79 Å². The van der Waals surface area contributed by atoms with Gasteiger partial charge in [-0.1, -0.05) is 30.3 Å². The molecule has 152 valence electrons. The number of phenolic OH excluding ortho intramolecular Hbond substituents is 1. The molecule has 6 heteroatoms. The van der Waals surface area contributed by atoms with Gasteiger partial charge in [0.25, 0.3) is 0 Å². The van der Waals surface area contributed by atoms with Gasteiger partial charge in [-0.15, -0.1) is 0 Å². The smallest absolute Gasteiger partial charge is 0.407 e. The zero-order valence-electron chi connectivity index (χ0n) is 16.3. The summed E-state index contributed by atoms with van der Waals surface area (Å²) in [5, 5.41) is 12.6. The number of phenols is 1. The molecule has 1 fully saturated rings. The van der Waals surface area contributed by atoms with E-state index in [2.05, 4.69) is 5.32 Å². The predicted octanol–water partition coefficient (Wildman–Crippen LogP) is 3.77. The Balaban J connectivity index is 1.24. The van der Waals surface area contributed by atoms with Crippen LogP contribution in [0.25, 0.3) is 0 Å². The summed E-state index contributed by atoms with van der Waals surface area (Å²) in [7, 11) is 0. The van der Waals surface area contributed by atoms with Crippen molar-refractivity contribution in [1.82, 2.24) is 5.32 Å². The summed E-state index contributed by atoms with van der Waals surface area (Å²) in [5.74, 6) is 0.372. The van der Waals surface area contributed by atoms with Crippen LogP contribution in [0, 0.1) is 5.92 Å². The Morgan fingerprint density at radius 2 is 1.83 bits per heavy atom. The fourth-order valence-corrected chi connectivity index (χ4v) is 4.25. The number of hydrogen-bond acceptors (Lipinski definition) is 4. The molecule has 6 nitrogen and oxygen atoms in total. The van der Waals surface area contributed by atoms with Gasteiger partial charge in [0.1, 0.15) is 12.4 Å². The van der Waals surface area contributed by atoms with E-state index in [-0.39, 0.29) is 30.2 Å². The average Bonchev–Trinajstić information content (AvgIpc) is 3.16. The van der Waals surface area contributed by atoms with Crippen LogP contribution in [-0.2, 0) is 22.6 Å². The van der Waals surface area contributed by atoms with Crippen molar-refractivity contribution < 1.29 is 19.4 Å². The molecule has 0 radical (unpaired) electrons. The Bertz CT molecular complexity index is 876. The molecule has 1 aliphatic heterocycles. The highest BCUT2D eigenvalue weighted by Crippen LogP contribution is 2.34. The minimum atomic E-state index is -0.406. The molecule has 4 rings (SSSR count). The Morgan fingerprint density at radius 3 is 2.59 bits per heavy atom. The second-order valence-corrected chi connectivity index (χ2v) is 7.81. The van der Waals surface area contributed by atoms with Crippen LogP contribution < -0.4 is 10.2 Å². The Morgan fingerprint density at radius 1 is 1.07 bits per heavy atom. The van der Waals surface area contributed by atoms with Crippen molar-refractivity contribution in [3.63, 3.8) is 0 Å². The summed E-state index contributed by atoms with van der Waals surface area (Å²) in [6.07, 6.45) is 3.43. The third-order valence-corrected chi connectivity index (χ3v) is 5.84. The first-order valence-electron chi connectivity index (χ1n) is 10.2. The molecule has 1 aliphatic carbocycles. The third-order valence-electron chi connectivity index (χ3n) is 5.84. The van der Waals surface area contributed by atoms with Crippen LogP contribution in [0.1, 0.15) is 36.8 Å². The molecule has 1 heterocycles. The monoisotopic (exact) mass is 394 g/mol. The van der Waals surface area contributed by atoms with E-state index >= 15 is 0 Å². The minimum absolute atomic E-state index is 0.0202. The maximum atomic E-state index is 13.0. The highest BCUT2D eigenvalue weighted by molar-refractivity contribution is 5.97. The number of rotatable bonds is 4. The van der Waals surface area contributed by atoms with Crippen LogP contribution in [0.15, 0.2) is 48.5 Å². The van der Waals surface area contributed by atoms with Gasteiger partial charge in [-0.25, -0.2) is 4.79 Å². The van der Waals surface area contributed by atoms with E-state index in [0.29, 0.717) is 6.54 Å². The van der Waals surface area contributed by atoms with Gasteiger partial charge in [0.15, 0.2) is 0 Å². The fraction of sp³-hybridized carbons (Fsp3) is 0.391. The molecule has 0 saturated heterocycles. The first kappa shape index (κ1) is 19.3. The molecule has 0 atom stereocenters. The number of aromatic hydroxyl groups is 1. The summed E-state index contributed by atoms with van der Waals surface area (Å²) in [6, 6.07) is 14.8. The average molecular weight is 394 g/mol. The van der Waals surface area contributed by atoms with Crippen molar-refractivity contribution in [2.45, 2.75) is 44.8 Å². The number of fused-ring (bicyclic) bond motifs is 1. The summed E-state index contributed by atoms with van der Waals surface area (Å²) < 4.78 is 5.29. The highest BCUT2D eigenvalue weighted by atomic mass is 16.5. The standard InChI is InChI=1S/C23H26N2O4/c26-20-10-11-21-18(14-20)12-13-25(21)22(27)17-6-8-19(9-7-17)24-23(28)29-15-16-4-2-1-3-5-16/h1-5,10-11,14,17,19,26H,6-9,12-13,15H2,(H,24,28)/t17-,19-. The molecule has 29 heavy (non-hydrogen) atoms. The zero-order valence-corrected chi connectivity index (χ0v) is 16.3. The highest BCUT2D eigenvalue weighted by Gasteiger charge is 2.33. The molecule has 0 bridgehead atoms. The zero-order chi connectivity index (χ0) is 20.2. The van der Waals surface area contributed by atoms with Gasteiger partial charge in [0.2, 0.25) is 5.91 Å². The fourth-order valence-electron chi connectivity index (χ4n) is 4.25. The van der Waals surface area contributed by atoms with E-state index in [1.807, 2.05) is 41.3 Å². The molecule has 0 aromatic heterocycles. The van der Waals surface area contributed by atoms with Crippen LogP contribution in [0.4, 0.5) is 10.5 Å². The number of carbonyl (C=O) groups excluding carboxylic acids is 2. The first-order valence-corrected chi connectivity index (χ1v) is 10.2. The lowest BCUT2D eigenvalue weighted by atomic mass is 9.85. The van der Waals surface area contributed by atoms with Gasteiger partial charge in [0.05, 0.1) is 0 Å². The molecule has 0 spiro atoms. The van der Waals surface area contributed by atoms with Crippen molar-refractivity contribution >= 4 is 17.7 Å². The lowest BCUT2D eigenvalue weighted by Gasteiger charge is -2.31. The van der Waals surface area contributed by atoms with Gasteiger partial charge >= 0.3 is 6.09 Å². The number of hydrogen-bond donors (Lipinski definition) is 2. The van der Waals surface area contributed by atoms with E-state index in [4.69, 9.17) is 4.74 Å². The number of nitrogens with zero attached hydrogens (tertiary/aromatic N) is 1. The van der Waals surface area contributed by atoms with E-state index < -0.39 is 6.09 Å². The number of benzene rings is 2. The van der Waals surface area contributed by atoms with Crippen molar-refractivity contribution in [3.05, 3.63) is 59.7 Å². The van der Waals surface area contributed by atoms with E-state index in [0.717, 1.165) is 48.9 Å². The van der Waals surface area contributed by atoms with Crippen molar-refractivity contribution in [2.24, 2.45) is 5.92 Å². The van der Waals surface area contributed by atoms with E-state index in [1.54, 1.807) is 12.1 Å². The van der Waals surface area contributed by atoms with Crippen LogP contribution in [-0.4, -0.2) is 29.7 Å². The van der Waals surface area contributed by atoms with Crippen LogP contribution >= 0.6 is 0 Å². The van der Waals surface area contributed by atoms with Crippen LogP contribution in [0.2, 0.25) is 0 Å². The maximum Gasteiger partial charge on any atom is 0.407 e. The molecule has 2 aromatic carbocycles. The topological polar surface area (TPSA) is 78.9 Å². The number of amides is 2. The Hall–Kier alpha value is -3.02. The lowest BCUT2D eigenvalue weighted by molar-refractivity contribution is -0.123. The molecule has 2 N–H and O–H groups in total. The summed E-state index contributed by atoms with van der Waals surface area (Å²) in [5.41, 5.74) is 2.89. The summed E-state index contributed by atoms with van der Waals surface area (Å²) >= 11 is 0. The number of nitrogens with one attached hydrogen (secondary N) is 1. The number of carbonyl (C=O) groups is 2. The Labute approximate surface area is 170 Å². The molecule has 2 aromatic rings. The molecule has 2 aliphatic rings. The predicted molar refractivity (Wildman–Crippen MR) is 110 cm³/mol. The van der Waals surface area contributed by atoms with Gasteiger partial charge in [0, 0.05) is 24.2 Å². The molecule has 0 unspecified atom stereocenters. The SMILES string of the molecule is O=C(N[C@H]1CC[C@H](C(=O)N2CCc3cc(O)ccc32)CC1)OCc1ccccc1. The quantitative estimate of drug-likeness (QED) is 0.827. The maximum absolute atomic E-state index is 13.0. The van der Waals surface area contributed by atoms with E-state index in [9.17, 15) is 14.7 Å². The van der Waals surface area contributed by atoms with Gasteiger partial charge < -0.3 is 20.1 Å². The second kappa shape index (κ2) is 8.55. The lowest BCUT2D eigenvalue weighted by Crippen LogP contribution is -2.42. The van der Waals surface area contributed by atoms with Crippen LogP contribution in [0.5, 0.6) is 5.75 Å². The van der Waals surface area contributed by atoms with Crippen LogP contribution in [0.3, 0.4) is 0 Å². The third kappa shape index (κ3) is 4.53. The van der Waals surface area contributed by atoms with Gasteiger partial charge in [-0.2, -0.15) is 0 Å². The summed E-state index contributed by atoms with van der Waals surface area (Å²) in [4.78, 5) is 26.9. The molecule has 2 amide bonds. The molecular weight excluding hydrogens is 368 g/mol. The number of alkyl carbamates (subject to hydrolysis) is 1. The van der Waals surface area contributed by atoms with Crippen molar-refractivity contribution in [2.75, 3.05) is 11.4 Å². The number of anilines is 1. The largest absolute Gasteiger partial charge is 0.508 e. The first-order chi connectivity index (χ1) is 14.1. The number of ether oxygens (including phenoxy) is 1. The van der Waals surface area contributed by atoms with Gasteiger partial charge in [-0.05, 0) is 61.4 Å². The van der Waals surface area contributed by atoms with E-state index in [1.165, 1.54) is 0 Å². The second-order valence-electron chi connectivity index (χ2n) is 7.81. The molecular formula is C23H26N2O4. The normalized spacial score (nSPS) is 20.8. The minimum Gasteiger partial charge on any atom is -0.508 e. The van der Waals surface area contributed by atoms with Crippen molar-refractivity contribution in [1.29, 1.82) is 0 Å². The molecule has 1 saturated carbocycles. The van der Waals surface area contributed by atoms with Crippen molar-refractivity contribution in [3.8, 4) is 5.75 Å². The summed E-state index contributed by atoms with van der Waals surface area (Å²) in [6.45, 7) is 0.923. The Kier molecular flexibility index (Phi) is 5.69.